The largest absolute Gasteiger partial charge is 0.345 e. The van der Waals surface area contributed by atoms with Gasteiger partial charge in [0, 0.05) is 25.8 Å². The highest BCUT2D eigenvalue weighted by molar-refractivity contribution is 5.34. The molecule has 0 radical (unpaired) electrons. The van der Waals surface area contributed by atoms with E-state index in [0.29, 0.717) is 12.6 Å². The van der Waals surface area contributed by atoms with Crippen LogP contribution in [0.15, 0.2) is 6.20 Å². The molecule has 1 aromatic heterocycles. The average molecular weight is 250 g/mol. The van der Waals surface area contributed by atoms with Crippen molar-refractivity contribution in [1.29, 1.82) is 0 Å². The van der Waals surface area contributed by atoms with E-state index in [4.69, 9.17) is 10.7 Å². The van der Waals surface area contributed by atoms with Crippen molar-refractivity contribution in [2.45, 2.75) is 46.1 Å². The lowest BCUT2D eigenvalue weighted by Crippen LogP contribution is -2.37. The number of hydrogen-bond donors (Lipinski definition) is 1. The summed E-state index contributed by atoms with van der Waals surface area (Å²) in [4.78, 5) is 7.01. The summed E-state index contributed by atoms with van der Waals surface area (Å²) in [6.45, 7) is 8.20. The normalized spacial score (nSPS) is 16.1. The molecule has 1 fully saturated rings. The molecule has 1 aliphatic carbocycles. The number of rotatable bonds is 6. The fourth-order valence-electron chi connectivity index (χ4n) is 2.28. The van der Waals surface area contributed by atoms with Crippen LogP contribution in [0, 0.1) is 5.41 Å². The summed E-state index contributed by atoms with van der Waals surface area (Å²) >= 11 is 0. The molecule has 2 rings (SSSR count). The summed E-state index contributed by atoms with van der Waals surface area (Å²) in [6, 6.07) is 0.677. The lowest BCUT2D eigenvalue weighted by atomic mass is 9.93. The summed E-state index contributed by atoms with van der Waals surface area (Å²) in [7, 11) is 2.12. The van der Waals surface area contributed by atoms with Crippen LogP contribution in [0.1, 0.15) is 45.3 Å². The number of imidazole rings is 1. The van der Waals surface area contributed by atoms with E-state index >= 15 is 0 Å². The number of hydrogen-bond acceptors (Lipinski definition) is 3. The van der Waals surface area contributed by atoms with Gasteiger partial charge in [0.15, 0.2) is 0 Å². The van der Waals surface area contributed by atoms with Gasteiger partial charge in [0.2, 0.25) is 5.95 Å². The molecular formula is C14H26N4. The first kappa shape index (κ1) is 13.4. The molecule has 4 heteroatoms. The van der Waals surface area contributed by atoms with E-state index in [2.05, 4.69) is 43.5 Å². The van der Waals surface area contributed by atoms with Gasteiger partial charge >= 0.3 is 0 Å². The molecule has 0 spiro atoms. The third kappa shape index (κ3) is 2.86. The Kier molecular flexibility index (Phi) is 3.66. The van der Waals surface area contributed by atoms with E-state index in [1.165, 1.54) is 18.5 Å². The van der Waals surface area contributed by atoms with Gasteiger partial charge in [-0.05, 0) is 31.2 Å². The molecule has 0 aliphatic heterocycles. The quantitative estimate of drug-likeness (QED) is 0.842. The third-order valence-corrected chi connectivity index (χ3v) is 3.62. The Morgan fingerprint density at radius 1 is 1.50 bits per heavy atom. The molecule has 0 aromatic carbocycles. The van der Waals surface area contributed by atoms with Crippen molar-refractivity contribution in [3.8, 4) is 0 Å². The average Bonchev–Trinajstić information content (AvgIpc) is 3.08. The first-order chi connectivity index (χ1) is 8.46. The Morgan fingerprint density at radius 2 is 2.17 bits per heavy atom. The Hall–Kier alpha value is -1.03. The lowest BCUT2D eigenvalue weighted by molar-refractivity contribution is 0.381. The van der Waals surface area contributed by atoms with Crippen LogP contribution >= 0.6 is 0 Å². The van der Waals surface area contributed by atoms with Crippen LogP contribution in [-0.2, 0) is 6.42 Å². The van der Waals surface area contributed by atoms with Gasteiger partial charge in [0.1, 0.15) is 0 Å². The van der Waals surface area contributed by atoms with Crippen LogP contribution < -0.4 is 10.6 Å². The summed E-state index contributed by atoms with van der Waals surface area (Å²) in [5, 5.41) is 0. The molecule has 18 heavy (non-hydrogen) atoms. The number of nitrogens with two attached hydrogens (primary N) is 1. The van der Waals surface area contributed by atoms with E-state index in [9.17, 15) is 0 Å². The minimum atomic E-state index is 0.126. The van der Waals surface area contributed by atoms with Crippen molar-refractivity contribution in [2.75, 3.05) is 25.0 Å². The van der Waals surface area contributed by atoms with Crippen molar-refractivity contribution in [3.05, 3.63) is 11.9 Å². The smallest absolute Gasteiger partial charge is 0.205 e. The maximum Gasteiger partial charge on any atom is 0.205 e. The van der Waals surface area contributed by atoms with Crippen LogP contribution in [0.5, 0.6) is 0 Å². The molecule has 0 atom stereocenters. The highest BCUT2D eigenvalue weighted by atomic mass is 15.3. The Bertz CT molecular complexity index is 404. The first-order valence-electron chi connectivity index (χ1n) is 6.96. The maximum absolute atomic E-state index is 5.82. The summed E-state index contributed by atoms with van der Waals surface area (Å²) in [5.41, 5.74) is 7.14. The zero-order chi connectivity index (χ0) is 13.3. The second kappa shape index (κ2) is 4.92. The van der Waals surface area contributed by atoms with Crippen molar-refractivity contribution in [2.24, 2.45) is 11.1 Å². The standard InChI is InChI=1S/C14H26N4/c1-5-11-8-18(12-6-7-12)13(16-11)17(4)10-14(2,3)9-15/h8,12H,5-7,9-10,15H2,1-4H3. The molecule has 1 heterocycles. The molecule has 1 aromatic rings. The monoisotopic (exact) mass is 250 g/mol. The van der Waals surface area contributed by atoms with Gasteiger partial charge in [0.25, 0.3) is 0 Å². The van der Waals surface area contributed by atoms with E-state index in [0.717, 1.165) is 18.9 Å². The molecule has 2 N–H and O–H groups in total. The summed E-state index contributed by atoms with van der Waals surface area (Å²) in [6.07, 6.45) is 5.81. The fourth-order valence-corrected chi connectivity index (χ4v) is 2.28. The number of nitrogens with zero attached hydrogens (tertiary/aromatic N) is 3. The lowest BCUT2D eigenvalue weighted by Gasteiger charge is -2.30. The Morgan fingerprint density at radius 3 is 2.67 bits per heavy atom. The molecule has 4 nitrogen and oxygen atoms in total. The molecule has 0 unspecified atom stereocenters. The molecule has 0 saturated heterocycles. The van der Waals surface area contributed by atoms with E-state index in [1.54, 1.807) is 0 Å². The van der Waals surface area contributed by atoms with Gasteiger partial charge < -0.3 is 15.2 Å². The number of aryl methyl sites for hydroxylation is 1. The van der Waals surface area contributed by atoms with Gasteiger partial charge in [-0.2, -0.15) is 0 Å². The fraction of sp³-hybridized carbons (Fsp3) is 0.786. The van der Waals surface area contributed by atoms with Crippen molar-refractivity contribution in [3.63, 3.8) is 0 Å². The summed E-state index contributed by atoms with van der Waals surface area (Å²) < 4.78 is 2.35. The molecular weight excluding hydrogens is 224 g/mol. The minimum Gasteiger partial charge on any atom is -0.345 e. The van der Waals surface area contributed by atoms with E-state index in [1.807, 2.05) is 0 Å². The highest BCUT2D eigenvalue weighted by Crippen LogP contribution is 2.38. The zero-order valence-electron chi connectivity index (χ0n) is 12.1. The van der Waals surface area contributed by atoms with Gasteiger partial charge in [-0.1, -0.05) is 20.8 Å². The molecule has 0 bridgehead atoms. The maximum atomic E-state index is 5.82. The second-order valence-electron chi connectivity index (χ2n) is 6.25. The van der Waals surface area contributed by atoms with Gasteiger partial charge in [0.05, 0.1) is 5.69 Å². The highest BCUT2D eigenvalue weighted by Gasteiger charge is 2.29. The minimum absolute atomic E-state index is 0.126. The predicted molar refractivity (Wildman–Crippen MR) is 76.0 cm³/mol. The van der Waals surface area contributed by atoms with E-state index in [-0.39, 0.29) is 5.41 Å². The SMILES string of the molecule is CCc1cn(C2CC2)c(N(C)CC(C)(C)CN)n1. The number of anilines is 1. The Labute approximate surface area is 110 Å². The van der Waals surface area contributed by atoms with Crippen molar-refractivity contribution >= 4 is 5.95 Å². The zero-order valence-corrected chi connectivity index (χ0v) is 12.1. The molecule has 1 aliphatic rings. The van der Waals surface area contributed by atoms with Crippen LogP contribution in [0.3, 0.4) is 0 Å². The van der Waals surface area contributed by atoms with Crippen LogP contribution in [-0.4, -0.2) is 29.7 Å². The number of aromatic nitrogens is 2. The summed E-state index contributed by atoms with van der Waals surface area (Å²) in [5.74, 6) is 1.11. The first-order valence-corrected chi connectivity index (χ1v) is 6.96. The van der Waals surface area contributed by atoms with Crippen LogP contribution in [0.4, 0.5) is 5.95 Å². The van der Waals surface area contributed by atoms with Crippen molar-refractivity contribution in [1.82, 2.24) is 9.55 Å². The van der Waals surface area contributed by atoms with Gasteiger partial charge in [-0.15, -0.1) is 0 Å². The Balaban J connectivity index is 2.18. The second-order valence-corrected chi connectivity index (χ2v) is 6.25. The molecule has 0 amide bonds. The molecule has 102 valence electrons. The van der Waals surface area contributed by atoms with Gasteiger partial charge in [-0.3, -0.25) is 0 Å². The third-order valence-electron chi connectivity index (χ3n) is 3.62. The predicted octanol–water partition coefficient (Wildman–Crippen LogP) is 2.20. The van der Waals surface area contributed by atoms with Crippen LogP contribution in [0.2, 0.25) is 0 Å². The molecule has 1 saturated carbocycles. The van der Waals surface area contributed by atoms with Gasteiger partial charge in [-0.25, -0.2) is 4.98 Å². The van der Waals surface area contributed by atoms with E-state index < -0.39 is 0 Å². The topological polar surface area (TPSA) is 47.1 Å². The van der Waals surface area contributed by atoms with Crippen LogP contribution in [0.25, 0.3) is 0 Å². The van der Waals surface area contributed by atoms with Crippen molar-refractivity contribution < 1.29 is 0 Å².